The number of nitrogens with one attached hydrogen (secondary N) is 1. The van der Waals surface area contributed by atoms with Crippen LogP contribution in [0, 0.1) is 6.92 Å². The highest BCUT2D eigenvalue weighted by molar-refractivity contribution is 6.05. The zero-order valence-electron chi connectivity index (χ0n) is 16.6. The van der Waals surface area contributed by atoms with Crippen LogP contribution in [0.5, 0.6) is 11.5 Å². The fourth-order valence-corrected chi connectivity index (χ4v) is 3.13. The number of ether oxygens (including phenoxy) is 2. The molecular formula is C22H19N3O5. The summed E-state index contributed by atoms with van der Waals surface area (Å²) < 4.78 is 17.5. The summed E-state index contributed by atoms with van der Waals surface area (Å²) in [6, 6.07) is 15.6. The lowest BCUT2D eigenvalue weighted by molar-refractivity contribution is 0.102. The van der Waals surface area contributed by atoms with Crippen molar-refractivity contribution < 1.29 is 18.7 Å². The maximum Gasteiger partial charge on any atom is 0.361 e. The minimum atomic E-state index is -0.673. The van der Waals surface area contributed by atoms with Gasteiger partial charge in [0.1, 0.15) is 5.69 Å². The molecule has 0 fully saturated rings. The van der Waals surface area contributed by atoms with E-state index in [2.05, 4.69) is 10.4 Å². The number of carbonyl (C=O) groups excluding carboxylic acids is 1. The summed E-state index contributed by atoms with van der Waals surface area (Å²) in [5, 5.41) is 7.69. The number of carbonyl (C=O) groups is 1. The molecule has 8 heteroatoms. The standard InChI is InChI=1S/C22H19N3O5/c1-13-16-12-17(23-20(26)14-9-10-18(28-2)19(11-14)29-3)22(27)30-21(16)25(24-13)15-7-5-4-6-8-15/h4-12H,1-3H3,(H,23,26). The number of hydrogen-bond donors (Lipinski definition) is 1. The largest absolute Gasteiger partial charge is 0.493 e. The fraction of sp³-hybridized carbons (Fsp3) is 0.136. The lowest BCUT2D eigenvalue weighted by atomic mass is 10.2. The summed E-state index contributed by atoms with van der Waals surface area (Å²) in [5.74, 6) is 0.433. The Balaban J connectivity index is 1.70. The van der Waals surface area contributed by atoms with Gasteiger partial charge in [0.2, 0.25) is 5.71 Å². The van der Waals surface area contributed by atoms with E-state index in [0.29, 0.717) is 33.9 Å². The van der Waals surface area contributed by atoms with Gasteiger partial charge in [0.15, 0.2) is 11.5 Å². The van der Waals surface area contributed by atoms with Crippen molar-refractivity contribution in [3.63, 3.8) is 0 Å². The van der Waals surface area contributed by atoms with Gasteiger partial charge in [-0.25, -0.2) is 4.79 Å². The number of nitrogens with zero attached hydrogens (tertiary/aromatic N) is 2. The van der Waals surface area contributed by atoms with Gasteiger partial charge >= 0.3 is 5.63 Å². The molecule has 0 bridgehead atoms. The van der Waals surface area contributed by atoms with E-state index in [1.165, 1.54) is 20.3 Å². The molecule has 4 rings (SSSR count). The number of benzene rings is 2. The summed E-state index contributed by atoms with van der Waals surface area (Å²) in [5.41, 5.74) is 1.41. The van der Waals surface area contributed by atoms with Gasteiger partial charge in [0.05, 0.1) is 31.0 Å². The predicted molar refractivity (Wildman–Crippen MR) is 112 cm³/mol. The quantitative estimate of drug-likeness (QED) is 0.546. The van der Waals surface area contributed by atoms with Crippen molar-refractivity contribution in [1.29, 1.82) is 0 Å². The monoisotopic (exact) mass is 405 g/mol. The number of anilines is 1. The van der Waals surface area contributed by atoms with Gasteiger partial charge in [0, 0.05) is 5.56 Å². The van der Waals surface area contributed by atoms with E-state index in [0.717, 1.165) is 5.69 Å². The Kier molecular flexibility index (Phi) is 4.97. The van der Waals surface area contributed by atoms with E-state index in [1.54, 1.807) is 22.9 Å². The van der Waals surface area contributed by atoms with E-state index < -0.39 is 11.5 Å². The lowest BCUT2D eigenvalue weighted by Crippen LogP contribution is -2.18. The molecule has 8 nitrogen and oxygen atoms in total. The van der Waals surface area contributed by atoms with Gasteiger partial charge < -0.3 is 19.2 Å². The first-order valence-corrected chi connectivity index (χ1v) is 9.14. The molecular weight excluding hydrogens is 386 g/mol. The van der Waals surface area contributed by atoms with Crippen LogP contribution in [0.3, 0.4) is 0 Å². The zero-order valence-corrected chi connectivity index (χ0v) is 16.6. The van der Waals surface area contributed by atoms with Crippen molar-refractivity contribution in [2.45, 2.75) is 6.92 Å². The van der Waals surface area contributed by atoms with Gasteiger partial charge in [-0.15, -0.1) is 0 Å². The first-order chi connectivity index (χ1) is 14.5. The fourth-order valence-electron chi connectivity index (χ4n) is 3.13. The molecule has 2 aromatic carbocycles. The highest BCUT2D eigenvalue weighted by Gasteiger charge is 2.17. The zero-order chi connectivity index (χ0) is 21.3. The van der Waals surface area contributed by atoms with E-state index in [4.69, 9.17) is 13.9 Å². The molecule has 2 aromatic heterocycles. The second kappa shape index (κ2) is 7.75. The van der Waals surface area contributed by atoms with E-state index in [-0.39, 0.29) is 5.69 Å². The van der Waals surface area contributed by atoms with Gasteiger partial charge in [-0.3, -0.25) is 4.79 Å². The van der Waals surface area contributed by atoms with Crippen molar-refractivity contribution in [1.82, 2.24) is 9.78 Å². The molecule has 0 atom stereocenters. The number of fused-ring (bicyclic) bond motifs is 1. The first kappa shape index (κ1) is 19.3. The average molecular weight is 405 g/mol. The number of methoxy groups -OCH3 is 2. The third-order valence-corrected chi connectivity index (χ3v) is 4.66. The maximum absolute atomic E-state index is 12.7. The lowest BCUT2D eigenvalue weighted by Gasteiger charge is -2.09. The Morgan fingerprint density at radius 2 is 1.77 bits per heavy atom. The molecule has 0 saturated carbocycles. The molecule has 1 N–H and O–H groups in total. The SMILES string of the molecule is COc1ccc(C(=O)Nc2cc3c(C)nn(-c4ccccc4)c3oc2=O)cc1OC. The van der Waals surface area contributed by atoms with Crippen LogP contribution in [-0.2, 0) is 0 Å². The molecule has 4 aromatic rings. The molecule has 1 amide bonds. The highest BCUT2D eigenvalue weighted by Crippen LogP contribution is 2.28. The summed E-state index contributed by atoms with van der Waals surface area (Å²) in [6.07, 6.45) is 0. The Morgan fingerprint density at radius 1 is 1.03 bits per heavy atom. The van der Waals surface area contributed by atoms with Crippen LogP contribution in [0.15, 0.2) is 63.8 Å². The second-order valence-electron chi connectivity index (χ2n) is 6.52. The molecule has 2 heterocycles. The summed E-state index contributed by atoms with van der Waals surface area (Å²) in [7, 11) is 2.99. The molecule has 0 spiro atoms. The molecule has 0 aliphatic carbocycles. The minimum absolute atomic E-state index is 0.0259. The molecule has 0 radical (unpaired) electrons. The Hall–Kier alpha value is -4.07. The van der Waals surface area contributed by atoms with Crippen LogP contribution in [0.25, 0.3) is 16.8 Å². The van der Waals surface area contributed by atoms with Crippen LogP contribution < -0.4 is 20.4 Å². The number of rotatable bonds is 5. The van der Waals surface area contributed by atoms with E-state index >= 15 is 0 Å². The van der Waals surface area contributed by atoms with Crippen molar-refractivity contribution in [2.75, 3.05) is 19.5 Å². The molecule has 0 saturated heterocycles. The van der Waals surface area contributed by atoms with Gasteiger partial charge in [-0.1, -0.05) is 18.2 Å². The third-order valence-electron chi connectivity index (χ3n) is 4.66. The van der Waals surface area contributed by atoms with Gasteiger partial charge in [0.25, 0.3) is 5.91 Å². The second-order valence-corrected chi connectivity index (χ2v) is 6.52. The van der Waals surface area contributed by atoms with Gasteiger partial charge in [-0.05, 0) is 43.3 Å². The van der Waals surface area contributed by atoms with E-state index in [9.17, 15) is 9.59 Å². The third kappa shape index (κ3) is 3.39. The topological polar surface area (TPSA) is 95.6 Å². The van der Waals surface area contributed by atoms with E-state index in [1.807, 2.05) is 37.3 Å². The van der Waals surface area contributed by atoms with Gasteiger partial charge in [-0.2, -0.15) is 9.78 Å². The molecule has 0 aliphatic rings. The summed E-state index contributed by atoms with van der Waals surface area (Å²) in [6.45, 7) is 1.81. The number of amides is 1. The first-order valence-electron chi connectivity index (χ1n) is 9.14. The van der Waals surface area contributed by atoms with Crippen molar-refractivity contribution >= 4 is 22.7 Å². The predicted octanol–water partition coefficient (Wildman–Crippen LogP) is 3.56. The van der Waals surface area contributed by atoms with Crippen molar-refractivity contribution in [3.05, 3.63) is 76.3 Å². The molecule has 0 aliphatic heterocycles. The molecule has 30 heavy (non-hydrogen) atoms. The smallest absolute Gasteiger partial charge is 0.361 e. The maximum atomic E-state index is 12.7. The van der Waals surface area contributed by atoms with Crippen molar-refractivity contribution in [2.24, 2.45) is 0 Å². The number of aromatic nitrogens is 2. The number of para-hydroxylation sites is 1. The molecule has 152 valence electrons. The Bertz CT molecular complexity index is 1290. The minimum Gasteiger partial charge on any atom is -0.493 e. The van der Waals surface area contributed by atoms with Crippen LogP contribution in [0.4, 0.5) is 5.69 Å². The Morgan fingerprint density at radius 3 is 2.47 bits per heavy atom. The summed E-state index contributed by atoms with van der Waals surface area (Å²) in [4.78, 5) is 25.2. The molecule has 0 unspecified atom stereocenters. The van der Waals surface area contributed by atoms with Crippen LogP contribution in [0.2, 0.25) is 0 Å². The summed E-state index contributed by atoms with van der Waals surface area (Å²) >= 11 is 0. The van der Waals surface area contributed by atoms with Crippen molar-refractivity contribution in [3.8, 4) is 17.2 Å². The number of hydrogen-bond acceptors (Lipinski definition) is 6. The Labute approximate surface area is 171 Å². The van der Waals surface area contributed by atoms with Crippen LogP contribution in [0.1, 0.15) is 16.1 Å². The highest BCUT2D eigenvalue weighted by atomic mass is 16.5. The van der Waals surface area contributed by atoms with Crippen LogP contribution >= 0.6 is 0 Å². The average Bonchev–Trinajstić information content (AvgIpc) is 3.09. The van der Waals surface area contributed by atoms with Crippen LogP contribution in [-0.4, -0.2) is 29.9 Å². The number of aryl methyl sites for hydroxylation is 1. The normalized spacial score (nSPS) is 10.8.